The van der Waals surface area contributed by atoms with Gasteiger partial charge in [-0.05, 0) is 49.2 Å². The zero-order chi connectivity index (χ0) is 18.7. The van der Waals surface area contributed by atoms with Gasteiger partial charge < -0.3 is 9.64 Å². The first-order chi connectivity index (χ1) is 12.4. The molecule has 2 aromatic carbocycles. The predicted octanol–water partition coefficient (Wildman–Crippen LogP) is 3.38. The highest BCUT2D eigenvalue weighted by Crippen LogP contribution is 2.25. The smallest absolute Gasteiger partial charge is 0.267 e. The molecule has 0 aromatic heterocycles. The molecule has 0 spiro atoms. The molecule has 1 unspecified atom stereocenters. The number of nitrogens with one attached hydrogen (secondary N) is 1. The molecule has 0 aliphatic carbocycles. The Labute approximate surface area is 151 Å². The number of methoxy groups -OCH3 is 1. The van der Waals surface area contributed by atoms with Crippen molar-refractivity contribution in [1.82, 2.24) is 0 Å². The Morgan fingerprint density at radius 1 is 1.12 bits per heavy atom. The second-order valence-corrected chi connectivity index (χ2v) is 7.77. The molecule has 26 heavy (non-hydrogen) atoms. The van der Waals surface area contributed by atoms with Gasteiger partial charge in [0.1, 0.15) is 11.6 Å². The lowest BCUT2D eigenvalue weighted by atomic mass is 10.1. The number of hydrogen-bond acceptors (Lipinski definition) is 4. The molecular weight excluding hydrogens is 362 g/mol. The van der Waals surface area contributed by atoms with E-state index in [1.807, 2.05) is 0 Å². The molecule has 0 amide bonds. The van der Waals surface area contributed by atoms with Crippen LogP contribution in [-0.2, 0) is 14.8 Å². The molecular formula is C18H20F2N2O3S. The van der Waals surface area contributed by atoms with E-state index in [2.05, 4.69) is 9.62 Å². The number of anilines is 2. The number of benzene rings is 2. The van der Waals surface area contributed by atoms with Crippen molar-refractivity contribution in [1.29, 1.82) is 0 Å². The van der Waals surface area contributed by atoms with Crippen molar-refractivity contribution in [2.24, 2.45) is 0 Å². The highest BCUT2D eigenvalue weighted by atomic mass is 32.2. The first-order valence-electron chi connectivity index (χ1n) is 8.25. The second kappa shape index (κ2) is 7.59. The zero-order valence-corrected chi connectivity index (χ0v) is 15.1. The summed E-state index contributed by atoms with van der Waals surface area (Å²) in [5.41, 5.74) is 1.17. The number of nitrogens with zero attached hydrogens (tertiary/aromatic N) is 1. The minimum absolute atomic E-state index is 0.172. The van der Waals surface area contributed by atoms with E-state index >= 15 is 0 Å². The average Bonchev–Trinajstić information content (AvgIpc) is 2.61. The van der Waals surface area contributed by atoms with Crippen LogP contribution in [0.2, 0.25) is 0 Å². The summed E-state index contributed by atoms with van der Waals surface area (Å²) < 4.78 is 59.7. The lowest BCUT2D eigenvalue weighted by Gasteiger charge is -2.33. The highest BCUT2D eigenvalue weighted by Gasteiger charge is 2.24. The van der Waals surface area contributed by atoms with Crippen molar-refractivity contribution >= 4 is 21.4 Å². The number of rotatable bonds is 5. The van der Waals surface area contributed by atoms with Gasteiger partial charge in [-0.25, -0.2) is 17.2 Å². The van der Waals surface area contributed by atoms with Crippen LogP contribution in [0, 0.1) is 11.6 Å². The minimum Gasteiger partial charge on any atom is -0.380 e. The maximum absolute atomic E-state index is 13.7. The summed E-state index contributed by atoms with van der Waals surface area (Å²) in [6.45, 7) is 1.66. The molecule has 1 N–H and O–H groups in total. The Bertz CT molecular complexity index is 852. The van der Waals surface area contributed by atoms with Crippen molar-refractivity contribution in [3.63, 3.8) is 0 Å². The van der Waals surface area contributed by atoms with E-state index in [0.717, 1.165) is 49.8 Å². The van der Waals surface area contributed by atoms with Crippen molar-refractivity contribution in [3.8, 4) is 0 Å². The second-order valence-electron chi connectivity index (χ2n) is 6.15. The maximum atomic E-state index is 13.7. The third-order valence-corrected chi connectivity index (χ3v) is 5.82. The summed E-state index contributed by atoms with van der Waals surface area (Å²) in [5.74, 6) is -2.26. The van der Waals surface area contributed by atoms with Gasteiger partial charge in [0.15, 0.2) is 4.90 Å². The van der Waals surface area contributed by atoms with E-state index in [1.54, 1.807) is 31.4 Å². The molecule has 1 aliphatic heterocycles. The summed E-state index contributed by atoms with van der Waals surface area (Å²) in [6, 6.07) is 9.61. The molecule has 1 saturated heterocycles. The summed E-state index contributed by atoms with van der Waals surface area (Å²) in [6.07, 6.45) is 2.20. The van der Waals surface area contributed by atoms with Crippen LogP contribution in [0.25, 0.3) is 0 Å². The van der Waals surface area contributed by atoms with Crippen molar-refractivity contribution in [2.45, 2.75) is 23.8 Å². The number of piperidine rings is 1. The van der Waals surface area contributed by atoms with Crippen molar-refractivity contribution in [2.75, 3.05) is 29.8 Å². The standard InChI is InChI=1S/C18H20F2N2O3S/c1-25-15-4-3-11-22(12-15)14-9-7-13(8-10-14)21-26(23,24)18-16(19)5-2-6-17(18)20/h2,5-10,15,21H,3-4,11-12H2,1H3. The maximum Gasteiger partial charge on any atom is 0.267 e. The third-order valence-electron chi connectivity index (χ3n) is 4.38. The Hall–Kier alpha value is -2.19. The zero-order valence-electron chi connectivity index (χ0n) is 14.3. The Kier molecular flexibility index (Phi) is 5.43. The van der Waals surface area contributed by atoms with Crippen molar-refractivity contribution in [3.05, 3.63) is 54.1 Å². The summed E-state index contributed by atoms with van der Waals surface area (Å²) in [7, 11) is -2.67. The van der Waals surface area contributed by atoms with Gasteiger partial charge in [-0.2, -0.15) is 0 Å². The molecule has 2 aromatic rings. The van der Waals surface area contributed by atoms with Gasteiger partial charge in [-0.1, -0.05) is 6.07 Å². The van der Waals surface area contributed by atoms with Gasteiger partial charge in [0, 0.05) is 31.6 Å². The molecule has 1 heterocycles. The lowest BCUT2D eigenvalue weighted by molar-refractivity contribution is 0.0893. The average molecular weight is 382 g/mol. The molecule has 3 rings (SSSR count). The molecule has 0 radical (unpaired) electrons. The van der Waals surface area contributed by atoms with Crippen LogP contribution < -0.4 is 9.62 Å². The summed E-state index contributed by atoms with van der Waals surface area (Å²) in [5, 5.41) is 0. The van der Waals surface area contributed by atoms with Crippen molar-refractivity contribution < 1.29 is 21.9 Å². The molecule has 5 nitrogen and oxygen atoms in total. The van der Waals surface area contributed by atoms with Crippen LogP contribution in [-0.4, -0.2) is 34.7 Å². The Morgan fingerprint density at radius 2 is 1.77 bits per heavy atom. The van der Waals surface area contributed by atoms with E-state index in [-0.39, 0.29) is 11.8 Å². The minimum atomic E-state index is -4.36. The SMILES string of the molecule is COC1CCCN(c2ccc(NS(=O)(=O)c3c(F)cccc3F)cc2)C1. The number of hydrogen-bond donors (Lipinski definition) is 1. The highest BCUT2D eigenvalue weighted by molar-refractivity contribution is 7.92. The fourth-order valence-electron chi connectivity index (χ4n) is 3.05. The van der Waals surface area contributed by atoms with Crippen LogP contribution in [0.15, 0.2) is 47.4 Å². The van der Waals surface area contributed by atoms with E-state index in [4.69, 9.17) is 4.74 Å². The number of halogens is 2. The summed E-state index contributed by atoms with van der Waals surface area (Å²) >= 11 is 0. The quantitative estimate of drug-likeness (QED) is 0.861. The van der Waals surface area contributed by atoms with Crippen LogP contribution in [0.1, 0.15) is 12.8 Å². The monoisotopic (exact) mass is 382 g/mol. The first-order valence-corrected chi connectivity index (χ1v) is 9.73. The molecule has 1 atom stereocenters. The number of ether oxygens (including phenoxy) is 1. The van der Waals surface area contributed by atoms with Crippen LogP contribution in [0.4, 0.5) is 20.2 Å². The van der Waals surface area contributed by atoms with Gasteiger partial charge in [0.2, 0.25) is 0 Å². The fraction of sp³-hybridized carbons (Fsp3) is 0.333. The topological polar surface area (TPSA) is 58.6 Å². The van der Waals surface area contributed by atoms with E-state index in [9.17, 15) is 17.2 Å². The van der Waals surface area contributed by atoms with E-state index < -0.39 is 26.6 Å². The van der Waals surface area contributed by atoms with Crippen LogP contribution in [0.5, 0.6) is 0 Å². The van der Waals surface area contributed by atoms with E-state index in [1.165, 1.54) is 0 Å². The normalized spacial score (nSPS) is 18.0. The molecule has 140 valence electrons. The molecule has 8 heteroatoms. The van der Waals surface area contributed by atoms with Gasteiger partial charge >= 0.3 is 0 Å². The van der Waals surface area contributed by atoms with Gasteiger partial charge in [0.25, 0.3) is 10.0 Å². The largest absolute Gasteiger partial charge is 0.380 e. The fourth-order valence-corrected chi connectivity index (χ4v) is 4.25. The molecule has 0 saturated carbocycles. The van der Waals surface area contributed by atoms with Crippen LogP contribution >= 0.6 is 0 Å². The predicted molar refractivity (Wildman–Crippen MR) is 95.9 cm³/mol. The molecule has 1 aliphatic rings. The van der Waals surface area contributed by atoms with Gasteiger partial charge in [0.05, 0.1) is 6.10 Å². The lowest BCUT2D eigenvalue weighted by Crippen LogP contribution is -2.39. The third kappa shape index (κ3) is 3.96. The number of sulfonamides is 1. The first kappa shape index (κ1) is 18.6. The summed E-state index contributed by atoms with van der Waals surface area (Å²) in [4.78, 5) is 1.18. The van der Waals surface area contributed by atoms with E-state index in [0.29, 0.717) is 0 Å². The molecule has 1 fully saturated rings. The Morgan fingerprint density at radius 3 is 2.38 bits per heavy atom. The molecule has 0 bridgehead atoms. The van der Waals surface area contributed by atoms with Crippen LogP contribution in [0.3, 0.4) is 0 Å². The van der Waals surface area contributed by atoms with Gasteiger partial charge in [-0.3, -0.25) is 4.72 Å². The Balaban J connectivity index is 1.77. The van der Waals surface area contributed by atoms with Gasteiger partial charge in [-0.15, -0.1) is 0 Å².